The highest BCUT2D eigenvalue weighted by molar-refractivity contribution is 7.81. The quantitative estimate of drug-likeness (QED) is 0.451. The summed E-state index contributed by atoms with van der Waals surface area (Å²) in [6.07, 6.45) is 5.90. The molecule has 10 heteroatoms. The van der Waals surface area contributed by atoms with Crippen LogP contribution in [0.25, 0.3) is 10.9 Å². The van der Waals surface area contributed by atoms with Crippen LogP contribution < -0.4 is 9.62 Å². The molecular weight excluding hydrogens is 426 g/mol. The predicted molar refractivity (Wildman–Crippen MR) is 116 cm³/mol. The Balaban J connectivity index is 1.85. The van der Waals surface area contributed by atoms with E-state index >= 15 is 0 Å². The molecule has 0 bridgehead atoms. The summed E-state index contributed by atoms with van der Waals surface area (Å²) in [5, 5.41) is 3.69. The molecule has 0 aliphatic rings. The summed E-state index contributed by atoms with van der Waals surface area (Å²) in [4.78, 5) is 25.2. The Kier molecular flexibility index (Phi) is 5.66. The summed E-state index contributed by atoms with van der Waals surface area (Å²) >= 11 is 3.64. The van der Waals surface area contributed by atoms with Crippen molar-refractivity contribution < 1.29 is 13.6 Å². The minimum absolute atomic E-state index is 0.125. The van der Waals surface area contributed by atoms with Gasteiger partial charge in [0.25, 0.3) is 17.2 Å². The third-order valence-electron chi connectivity index (χ3n) is 4.21. The second kappa shape index (κ2) is 8.54. The summed E-state index contributed by atoms with van der Waals surface area (Å²) in [5.74, 6) is -0.294. The number of pyridine rings is 1. The number of rotatable bonds is 5. The van der Waals surface area contributed by atoms with Gasteiger partial charge < -0.3 is 5.32 Å². The molecule has 30 heavy (non-hydrogen) atoms. The molecule has 0 aliphatic heterocycles. The van der Waals surface area contributed by atoms with Gasteiger partial charge in [-0.25, -0.2) is 13.5 Å². The monoisotopic (exact) mass is 439 g/mol. The van der Waals surface area contributed by atoms with Crippen LogP contribution in [0.1, 0.15) is 10.4 Å². The Bertz CT molecular complexity index is 1250. The number of anilines is 3. The van der Waals surface area contributed by atoms with Crippen molar-refractivity contribution >= 4 is 56.9 Å². The molecule has 0 radical (unpaired) electrons. The summed E-state index contributed by atoms with van der Waals surface area (Å²) in [5.41, 5.74) is 1.12. The lowest BCUT2D eigenvalue weighted by Gasteiger charge is -2.23. The zero-order chi connectivity index (χ0) is 21.1. The molecule has 0 saturated heterocycles. The van der Waals surface area contributed by atoms with Gasteiger partial charge in [0.05, 0.1) is 28.7 Å². The molecule has 4 rings (SSSR count). The number of aromatic nitrogens is 3. The van der Waals surface area contributed by atoms with Crippen molar-refractivity contribution in [1.29, 1.82) is 0 Å². The summed E-state index contributed by atoms with van der Waals surface area (Å²) < 4.78 is 23.6. The Labute approximate surface area is 179 Å². The molecule has 2 aromatic heterocycles. The number of amides is 1. The Morgan fingerprint density at radius 2 is 1.87 bits per heavy atom. The van der Waals surface area contributed by atoms with Crippen LogP contribution >= 0.6 is 11.6 Å². The van der Waals surface area contributed by atoms with E-state index in [1.54, 1.807) is 24.4 Å². The molecule has 1 amide bonds. The Morgan fingerprint density at radius 1 is 1.03 bits per heavy atom. The van der Waals surface area contributed by atoms with Crippen molar-refractivity contribution in [1.82, 2.24) is 15.0 Å². The van der Waals surface area contributed by atoms with Gasteiger partial charge in [-0.2, -0.15) is 0 Å². The Hall–Kier alpha value is -3.40. The number of nitrogens with zero attached hydrogens (tertiary/aromatic N) is 4. The lowest BCUT2D eigenvalue weighted by molar-refractivity contribution is 0.102. The van der Waals surface area contributed by atoms with Gasteiger partial charge in [-0.3, -0.25) is 19.3 Å². The molecule has 4 aromatic rings. The maximum absolute atomic E-state index is 12.9. The molecule has 150 valence electrons. The summed E-state index contributed by atoms with van der Waals surface area (Å²) in [6, 6.07) is 13.3. The summed E-state index contributed by atoms with van der Waals surface area (Å²) in [6.45, 7) is 0. The molecule has 2 aromatic carbocycles. The number of benzene rings is 2. The maximum Gasteiger partial charge on any atom is 0.266 e. The zero-order valence-electron chi connectivity index (χ0n) is 15.3. The van der Waals surface area contributed by atoms with Crippen LogP contribution in [0.5, 0.6) is 0 Å². The highest BCUT2D eigenvalue weighted by Gasteiger charge is 2.24. The third kappa shape index (κ3) is 3.99. The van der Waals surface area contributed by atoms with Crippen LogP contribution in [0.2, 0.25) is 5.02 Å². The fourth-order valence-electron chi connectivity index (χ4n) is 2.96. The summed E-state index contributed by atoms with van der Waals surface area (Å²) in [7, 11) is 0. The van der Waals surface area contributed by atoms with Crippen LogP contribution in [-0.2, 0) is 11.3 Å². The Morgan fingerprint density at radius 3 is 2.63 bits per heavy atom. The smallest absolute Gasteiger partial charge is 0.266 e. The van der Waals surface area contributed by atoms with Gasteiger partial charge in [-0.1, -0.05) is 29.8 Å². The number of hydrogen-bond acceptors (Lipinski definition) is 5. The number of fused-ring (bicyclic) bond motifs is 1. The average Bonchev–Trinajstić information content (AvgIpc) is 2.74. The van der Waals surface area contributed by atoms with Crippen molar-refractivity contribution in [2.24, 2.45) is 0 Å². The van der Waals surface area contributed by atoms with Gasteiger partial charge in [-0.05, 0) is 30.3 Å². The molecule has 0 aliphatic carbocycles. The molecule has 2 N–H and O–H groups in total. The predicted octanol–water partition coefficient (Wildman–Crippen LogP) is 4.21. The van der Waals surface area contributed by atoms with Crippen molar-refractivity contribution in [3.8, 4) is 0 Å². The van der Waals surface area contributed by atoms with E-state index < -0.39 is 17.2 Å². The van der Waals surface area contributed by atoms with Gasteiger partial charge in [0.15, 0.2) is 5.82 Å². The highest BCUT2D eigenvalue weighted by Crippen LogP contribution is 2.36. The first kappa shape index (κ1) is 19.9. The number of carbonyl (C=O) groups excluding carboxylic acids is 1. The lowest BCUT2D eigenvalue weighted by Crippen LogP contribution is -2.24. The van der Waals surface area contributed by atoms with Gasteiger partial charge >= 0.3 is 0 Å². The lowest BCUT2D eigenvalue weighted by atomic mass is 10.1. The minimum Gasteiger partial charge on any atom is -0.305 e. The molecule has 0 fully saturated rings. The van der Waals surface area contributed by atoms with E-state index in [4.69, 9.17) is 11.6 Å². The van der Waals surface area contributed by atoms with E-state index in [-0.39, 0.29) is 17.1 Å². The molecule has 2 heterocycles. The fourth-order valence-corrected chi connectivity index (χ4v) is 3.76. The first-order valence-corrected chi connectivity index (χ1v) is 10.1. The van der Waals surface area contributed by atoms with Crippen molar-refractivity contribution in [2.45, 2.75) is 0 Å². The first-order chi connectivity index (χ1) is 14.5. The van der Waals surface area contributed by atoms with Crippen LogP contribution in [0.4, 0.5) is 17.2 Å². The number of para-hydroxylation sites is 1. The minimum atomic E-state index is -2.52. The first-order valence-electron chi connectivity index (χ1n) is 8.66. The number of carbonyl (C=O) groups is 1. The molecule has 1 unspecified atom stereocenters. The second-order valence-corrected chi connectivity index (χ2v) is 7.35. The van der Waals surface area contributed by atoms with E-state index in [1.165, 1.54) is 36.8 Å². The maximum atomic E-state index is 12.9. The molecule has 8 nitrogen and oxygen atoms in total. The van der Waals surface area contributed by atoms with E-state index in [9.17, 15) is 13.6 Å². The van der Waals surface area contributed by atoms with E-state index in [2.05, 4.69) is 20.3 Å². The van der Waals surface area contributed by atoms with Gasteiger partial charge in [-0.15, -0.1) is 0 Å². The van der Waals surface area contributed by atoms with Gasteiger partial charge in [0.1, 0.15) is 0 Å². The van der Waals surface area contributed by atoms with Gasteiger partial charge in [0.2, 0.25) is 0 Å². The largest absolute Gasteiger partial charge is 0.305 e. The number of hydrogen-bond donors (Lipinski definition) is 2. The highest BCUT2D eigenvalue weighted by atomic mass is 35.5. The standard InChI is InChI=1S/C20H14ClN5O3S/c21-14-6-7-15(20(27)25-18-12-22-9-10-23-18)17(11-14)26(30(28)29)16-5-1-3-13-4-2-8-24-19(13)16/h1-12H,(H,28,29)(H,23,25,27). The topological polar surface area (TPSA) is 108 Å². The van der Waals surface area contributed by atoms with Crippen LogP contribution in [0.3, 0.4) is 0 Å². The van der Waals surface area contributed by atoms with Crippen LogP contribution in [-0.4, -0.2) is 29.6 Å². The molecule has 0 spiro atoms. The normalized spacial score (nSPS) is 11.8. The van der Waals surface area contributed by atoms with E-state index in [0.717, 1.165) is 9.69 Å². The number of halogens is 1. The molecular formula is C20H14ClN5O3S. The van der Waals surface area contributed by atoms with Crippen molar-refractivity contribution in [3.05, 3.63) is 83.9 Å². The van der Waals surface area contributed by atoms with E-state index in [0.29, 0.717) is 16.2 Å². The number of nitrogens with one attached hydrogen (secondary N) is 1. The zero-order valence-corrected chi connectivity index (χ0v) is 16.8. The van der Waals surface area contributed by atoms with Crippen molar-refractivity contribution in [2.75, 3.05) is 9.62 Å². The van der Waals surface area contributed by atoms with Gasteiger partial charge in [0, 0.05) is 29.0 Å². The second-order valence-electron chi connectivity index (χ2n) is 6.08. The van der Waals surface area contributed by atoms with Crippen LogP contribution in [0, 0.1) is 0 Å². The van der Waals surface area contributed by atoms with Crippen LogP contribution in [0.15, 0.2) is 73.3 Å². The third-order valence-corrected chi connectivity index (χ3v) is 5.16. The fraction of sp³-hybridized carbons (Fsp3) is 0. The molecule has 1 atom stereocenters. The van der Waals surface area contributed by atoms with Crippen molar-refractivity contribution in [3.63, 3.8) is 0 Å². The molecule has 0 saturated carbocycles. The average molecular weight is 440 g/mol. The van der Waals surface area contributed by atoms with E-state index in [1.807, 2.05) is 12.1 Å². The SMILES string of the molecule is O=C(Nc1cnccn1)c1ccc(Cl)cc1N(c1cccc2cccnc12)S(=O)O.